The summed E-state index contributed by atoms with van der Waals surface area (Å²) in [5.74, 6) is -0.0700. The molecule has 1 atom stereocenters. The monoisotopic (exact) mass is 156 g/mol. The average molecular weight is 156 g/mol. The predicted octanol–water partition coefficient (Wildman–Crippen LogP) is -0.660. The van der Waals surface area contributed by atoms with E-state index in [-0.39, 0.29) is 17.7 Å². The third-order valence-corrected chi connectivity index (χ3v) is 1.91. The standard InChI is InChI=1S/C7H12N2O2/c1-9-4-5(2-6(8)10)3-7(9)11/h5H,2-4H2,1H3,(H2,8,10)/t5-/m0/s1. The number of nitrogens with zero attached hydrogens (tertiary/aromatic N) is 1. The van der Waals surface area contributed by atoms with Gasteiger partial charge < -0.3 is 10.6 Å². The Bertz CT molecular complexity index is 189. The van der Waals surface area contributed by atoms with Gasteiger partial charge in [-0.1, -0.05) is 0 Å². The second-order valence-corrected chi connectivity index (χ2v) is 3.01. The number of nitrogens with two attached hydrogens (primary N) is 1. The maximum atomic E-state index is 10.9. The minimum Gasteiger partial charge on any atom is -0.370 e. The van der Waals surface area contributed by atoms with Gasteiger partial charge in [0.05, 0.1) is 0 Å². The Hall–Kier alpha value is -1.06. The molecule has 1 heterocycles. The molecule has 1 saturated heterocycles. The van der Waals surface area contributed by atoms with Crippen molar-refractivity contribution in [2.24, 2.45) is 11.7 Å². The molecule has 4 nitrogen and oxygen atoms in total. The van der Waals surface area contributed by atoms with Crippen LogP contribution < -0.4 is 5.73 Å². The van der Waals surface area contributed by atoms with Crippen molar-refractivity contribution in [1.82, 2.24) is 4.90 Å². The highest BCUT2D eigenvalue weighted by Gasteiger charge is 2.27. The van der Waals surface area contributed by atoms with Gasteiger partial charge in [-0.2, -0.15) is 0 Å². The van der Waals surface area contributed by atoms with Gasteiger partial charge in [0.15, 0.2) is 0 Å². The van der Waals surface area contributed by atoms with E-state index in [1.54, 1.807) is 11.9 Å². The molecule has 0 spiro atoms. The fourth-order valence-electron chi connectivity index (χ4n) is 1.38. The van der Waals surface area contributed by atoms with E-state index in [0.29, 0.717) is 19.4 Å². The van der Waals surface area contributed by atoms with Gasteiger partial charge in [-0.15, -0.1) is 0 Å². The molecule has 0 unspecified atom stereocenters. The number of hydrogen-bond acceptors (Lipinski definition) is 2. The first-order valence-electron chi connectivity index (χ1n) is 3.62. The largest absolute Gasteiger partial charge is 0.370 e. The SMILES string of the molecule is CN1C[C@@H](CC(N)=O)CC1=O. The Kier molecular flexibility index (Phi) is 2.12. The van der Waals surface area contributed by atoms with Crippen molar-refractivity contribution in [2.75, 3.05) is 13.6 Å². The lowest BCUT2D eigenvalue weighted by Gasteiger charge is -2.07. The molecule has 0 aliphatic carbocycles. The van der Waals surface area contributed by atoms with E-state index in [1.807, 2.05) is 0 Å². The topological polar surface area (TPSA) is 63.4 Å². The van der Waals surface area contributed by atoms with Crippen LogP contribution in [0.15, 0.2) is 0 Å². The van der Waals surface area contributed by atoms with Crippen LogP contribution >= 0.6 is 0 Å². The van der Waals surface area contributed by atoms with E-state index in [0.717, 1.165) is 0 Å². The molecule has 1 aliphatic rings. The Labute approximate surface area is 65.3 Å². The van der Waals surface area contributed by atoms with Crippen molar-refractivity contribution in [3.63, 3.8) is 0 Å². The van der Waals surface area contributed by atoms with Crippen molar-refractivity contribution < 1.29 is 9.59 Å². The summed E-state index contributed by atoms with van der Waals surface area (Å²) in [5, 5.41) is 0. The minimum atomic E-state index is -0.321. The van der Waals surface area contributed by atoms with E-state index in [1.165, 1.54) is 0 Å². The van der Waals surface area contributed by atoms with Crippen LogP contribution in [0.2, 0.25) is 0 Å². The van der Waals surface area contributed by atoms with Gasteiger partial charge >= 0.3 is 0 Å². The summed E-state index contributed by atoms with van der Waals surface area (Å²) in [6.45, 7) is 0.668. The fraction of sp³-hybridized carbons (Fsp3) is 0.714. The van der Waals surface area contributed by atoms with E-state index >= 15 is 0 Å². The lowest BCUT2D eigenvalue weighted by atomic mass is 10.1. The van der Waals surface area contributed by atoms with Crippen LogP contribution in [0, 0.1) is 5.92 Å². The minimum absolute atomic E-state index is 0.108. The zero-order valence-corrected chi connectivity index (χ0v) is 6.54. The van der Waals surface area contributed by atoms with Gasteiger partial charge in [0.2, 0.25) is 11.8 Å². The Morgan fingerprint density at radius 2 is 2.45 bits per heavy atom. The molecular weight excluding hydrogens is 144 g/mol. The number of amides is 2. The normalized spacial score (nSPS) is 24.3. The highest BCUT2D eigenvalue weighted by molar-refractivity contribution is 5.80. The van der Waals surface area contributed by atoms with Crippen molar-refractivity contribution in [1.29, 1.82) is 0 Å². The molecule has 1 aliphatic heterocycles. The van der Waals surface area contributed by atoms with Crippen molar-refractivity contribution >= 4 is 11.8 Å². The van der Waals surface area contributed by atoms with Crippen LogP contribution in [0.4, 0.5) is 0 Å². The van der Waals surface area contributed by atoms with E-state index in [2.05, 4.69) is 0 Å². The number of carbonyl (C=O) groups is 2. The number of rotatable bonds is 2. The molecule has 0 aromatic rings. The zero-order chi connectivity index (χ0) is 8.43. The summed E-state index contributed by atoms with van der Waals surface area (Å²) in [5.41, 5.74) is 4.99. The molecule has 0 bridgehead atoms. The lowest BCUT2D eigenvalue weighted by Crippen LogP contribution is -2.20. The van der Waals surface area contributed by atoms with Crippen LogP contribution in [-0.4, -0.2) is 30.3 Å². The third-order valence-electron chi connectivity index (χ3n) is 1.91. The molecule has 2 amide bonds. The van der Waals surface area contributed by atoms with Crippen LogP contribution in [0.3, 0.4) is 0 Å². The Morgan fingerprint density at radius 1 is 1.82 bits per heavy atom. The number of primary amides is 1. The Balaban J connectivity index is 2.41. The summed E-state index contributed by atoms with van der Waals surface area (Å²) in [6, 6.07) is 0. The molecule has 62 valence electrons. The summed E-state index contributed by atoms with van der Waals surface area (Å²) in [4.78, 5) is 23.0. The number of likely N-dealkylation sites (tertiary alicyclic amines) is 1. The average Bonchev–Trinajstić information content (AvgIpc) is 2.10. The molecule has 0 radical (unpaired) electrons. The molecule has 1 fully saturated rings. The molecule has 0 aromatic heterocycles. The summed E-state index contributed by atoms with van der Waals surface area (Å²) in [7, 11) is 1.74. The number of hydrogen-bond donors (Lipinski definition) is 1. The van der Waals surface area contributed by atoms with Gasteiger partial charge in [0, 0.05) is 26.4 Å². The summed E-state index contributed by atoms with van der Waals surface area (Å²) >= 11 is 0. The van der Waals surface area contributed by atoms with Crippen LogP contribution in [0.1, 0.15) is 12.8 Å². The third kappa shape index (κ3) is 1.93. The van der Waals surface area contributed by atoms with Gasteiger partial charge in [-0.25, -0.2) is 0 Å². The smallest absolute Gasteiger partial charge is 0.222 e. The quantitative estimate of drug-likeness (QED) is 0.577. The van der Waals surface area contributed by atoms with E-state index in [9.17, 15) is 9.59 Å². The number of carbonyl (C=O) groups excluding carboxylic acids is 2. The first-order valence-corrected chi connectivity index (χ1v) is 3.62. The zero-order valence-electron chi connectivity index (χ0n) is 6.54. The molecule has 0 aromatic carbocycles. The first kappa shape index (κ1) is 8.04. The molecular formula is C7H12N2O2. The second-order valence-electron chi connectivity index (χ2n) is 3.01. The van der Waals surface area contributed by atoms with Crippen LogP contribution in [-0.2, 0) is 9.59 Å². The van der Waals surface area contributed by atoms with Gasteiger partial charge in [0.1, 0.15) is 0 Å². The van der Waals surface area contributed by atoms with Crippen LogP contribution in [0.25, 0.3) is 0 Å². The first-order chi connectivity index (χ1) is 5.09. The maximum absolute atomic E-state index is 10.9. The molecule has 0 saturated carbocycles. The lowest BCUT2D eigenvalue weighted by molar-refractivity contribution is -0.126. The van der Waals surface area contributed by atoms with Gasteiger partial charge in [-0.05, 0) is 5.92 Å². The van der Waals surface area contributed by atoms with Crippen molar-refractivity contribution in [3.8, 4) is 0 Å². The molecule has 2 N–H and O–H groups in total. The van der Waals surface area contributed by atoms with E-state index < -0.39 is 0 Å². The van der Waals surface area contributed by atoms with Crippen molar-refractivity contribution in [2.45, 2.75) is 12.8 Å². The van der Waals surface area contributed by atoms with Gasteiger partial charge in [0.25, 0.3) is 0 Å². The molecule has 4 heteroatoms. The maximum Gasteiger partial charge on any atom is 0.222 e. The molecule has 1 rings (SSSR count). The fourth-order valence-corrected chi connectivity index (χ4v) is 1.38. The second kappa shape index (κ2) is 2.90. The van der Waals surface area contributed by atoms with E-state index in [4.69, 9.17) is 5.73 Å². The summed E-state index contributed by atoms with van der Waals surface area (Å²) in [6.07, 6.45) is 0.801. The highest BCUT2D eigenvalue weighted by atomic mass is 16.2. The molecule has 11 heavy (non-hydrogen) atoms. The Morgan fingerprint density at radius 3 is 2.82 bits per heavy atom. The predicted molar refractivity (Wildman–Crippen MR) is 39.6 cm³/mol. The summed E-state index contributed by atoms with van der Waals surface area (Å²) < 4.78 is 0. The van der Waals surface area contributed by atoms with Crippen molar-refractivity contribution in [3.05, 3.63) is 0 Å². The van der Waals surface area contributed by atoms with Gasteiger partial charge in [-0.3, -0.25) is 9.59 Å². The van der Waals surface area contributed by atoms with Crippen LogP contribution in [0.5, 0.6) is 0 Å². The highest BCUT2D eigenvalue weighted by Crippen LogP contribution is 2.18.